The molecule has 2 N–H and O–H groups in total. The third kappa shape index (κ3) is 2.49. The molecule has 0 unspecified atom stereocenters. The zero-order valence-electron chi connectivity index (χ0n) is 9.37. The Morgan fingerprint density at radius 3 is 2.88 bits per heavy atom. The van der Waals surface area contributed by atoms with Gasteiger partial charge in [-0.1, -0.05) is 5.92 Å². The summed E-state index contributed by atoms with van der Waals surface area (Å²) in [7, 11) is 0. The summed E-state index contributed by atoms with van der Waals surface area (Å²) in [6, 6.07) is 1.95. The van der Waals surface area contributed by atoms with E-state index in [1.807, 2.05) is 6.07 Å². The molecule has 0 aliphatic rings. The summed E-state index contributed by atoms with van der Waals surface area (Å²) >= 11 is 0. The molecule has 5 heteroatoms. The fraction of sp³-hybridized carbons (Fsp3) is 0.250. The molecular formula is C12H13N5. The van der Waals surface area contributed by atoms with Crippen molar-refractivity contribution in [3.05, 3.63) is 30.4 Å². The highest BCUT2D eigenvalue weighted by molar-refractivity contribution is 5.52. The first-order chi connectivity index (χ1) is 8.35. The molecule has 2 heterocycles. The van der Waals surface area contributed by atoms with Gasteiger partial charge in [-0.2, -0.15) is 5.10 Å². The second kappa shape index (κ2) is 5.23. The van der Waals surface area contributed by atoms with Crippen LogP contribution in [0.4, 0.5) is 0 Å². The van der Waals surface area contributed by atoms with E-state index in [9.17, 15) is 0 Å². The number of hydrogen-bond acceptors (Lipinski definition) is 4. The Kier molecular flexibility index (Phi) is 3.48. The molecule has 0 atom stereocenters. The van der Waals surface area contributed by atoms with E-state index in [4.69, 9.17) is 12.2 Å². The third-order valence-corrected chi connectivity index (χ3v) is 2.33. The predicted molar refractivity (Wildman–Crippen MR) is 64.8 cm³/mol. The SMILES string of the molecule is C#CCn1nc(-c2cnccn2)cc1CCN. The molecule has 0 fully saturated rings. The fourth-order valence-electron chi connectivity index (χ4n) is 1.58. The maximum Gasteiger partial charge on any atom is 0.113 e. The van der Waals surface area contributed by atoms with Crippen LogP contribution in [0.5, 0.6) is 0 Å². The van der Waals surface area contributed by atoms with Crippen LogP contribution in [-0.2, 0) is 13.0 Å². The van der Waals surface area contributed by atoms with E-state index in [-0.39, 0.29) is 0 Å². The second-order valence-electron chi connectivity index (χ2n) is 3.51. The highest BCUT2D eigenvalue weighted by atomic mass is 15.3. The first kappa shape index (κ1) is 11.3. The molecule has 0 spiro atoms. The lowest BCUT2D eigenvalue weighted by Crippen LogP contribution is -2.09. The normalized spacial score (nSPS) is 10.1. The number of hydrogen-bond donors (Lipinski definition) is 1. The van der Waals surface area contributed by atoms with Crippen LogP contribution in [0.15, 0.2) is 24.7 Å². The van der Waals surface area contributed by atoms with Gasteiger partial charge in [0.2, 0.25) is 0 Å². The average Bonchev–Trinajstić information content (AvgIpc) is 2.75. The van der Waals surface area contributed by atoms with E-state index >= 15 is 0 Å². The van der Waals surface area contributed by atoms with Crippen molar-refractivity contribution in [3.8, 4) is 23.7 Å². The second-order valence-corrected chi connectivity index (χ2v) is 3.51. The summed E-state index contributed by atoms with van der Waals surface area (Å²) in [6.07, 6.45) is 11.0. The largest absolute Gasteiger partial charge is 0.330 e. The van der Waals surface area contributed by atoms with Crippen LogP contribution in [0.1, 0.15) is 5.69 Å². The number of nitrogens with zero attached hydrogens (tertiary/aromatic N) is 4. The summed E-state index contributed by atoms with van der Waals surface area (Å²) in [5, 5.41) is 4.40. The molecule has 5 nitrogen and oxygen atoms in total. The van der Waals surface area contributed by atoms with Gasteiger partial charge in [0.1, 0.15) is 17.9 Å². The number of nitrogens with two attached hydrogens (primary N) is 1. The molecule has 0 saturated carbocycles. The van der Waals surface area contributed by atoms with E-state index in [1.54, 1.807) is 23.3 Å². The zero-order chi connectivity index (χ0) is 12.1. The highest BCUT2D eigenvalue weighted by Gasteiger charge is 2.09. The zero-order valence-corrected chi connectivity index (χ0v) is 9.37. The minimum atomic E-state index is 0.440. The lowest BCUT2D eigenvalue weighted by atomic mass is 10.2. The average molecular weight is 227 g/mol. The molecule has 17 heavy (non-hydrogen) atoms. The Morgan fingerprint density at radius 1 is 1.35 bits per heavy atom. The van der Waals surface area contributed by atoms with Crippen molar-refractivity contribution in [2.45, 2.75) is 13.0 Å². The minimum absolute atomic E-state index is 0.440. The van der Waals surface area contributed by atoms with Gasteiger partial charge < -0.3 is 5.73 Å². The van der Waals surface area contributed by atoms with Gasteiger partial charge in [0.15, 0.2) is 0 Å². The van der Waals surface area contributed by atoms with Gasteiger partial charge in [-0.05, 0) is 12.6 Å². The predicted octanol–water partition coefficient (Wildman–Crippen LogP) is 0.474. The minimum Gasteiger partial charge on any atom is -0.330 e. The van der Waals surface area contributed by atoms with Crippen LogP contribution >= 0.6 is 0 Å². The molecule has 0 radical (unpaired) electrons. The summed E-state index contributed by atoms with van der Waals surface area (Å²) in [6.45, 7) is 1.01. The molecule has 2 aromatic heterocycles. The standard InChI is InChI=1S/C12H13N5/c1-2-7-17-10(3-4-13)8-11(16-17)12-9-14-5-6-15-12/h1,5-6,8-9H,3-4,7,13H2. The van der Waals surface area contributed by atoms with E-state index in [1.165, 1.54) is 0 Å². The third-order valence-electron chi connectivity index (χ3n) is 2.33. The molecule has 0 aliphatic carbocycles. The number of terminal acetylenes is 1. The molecular weight excluding hydrogens is 214 g/mol. The van der Waals surface area contributed by atoms with Gasteiger partial charge in [-0.25, -0.2) is 0 Å². The van der Waals surface area contributed by atoms with Gasteiger partial charge in [-0.15, -0.1) is 6.42 Å². The van der Waals surface area contributed by atoms with Crippen LogP contribution < -0.4 is 5.73 Å². The molecule has 2 aromatic rings. The van der Waals surface area contributed by atoms with Crippen LogP contribution in [0.25, 0.3) is 11.4 Å². The van der Waals surface area contributed by atoms with E-state index < -0.39 is 0 Å². The first-order valence-corrected chi connectivity index (χ1v) is 5.32. The van der Waals surface area contributed by atoms with Crippen molar-refractivity contribution in [2.75, 3.05) is 6.54 Å². The molecule has 86 valence electrons. The summed E-state index contributed by atoms with van der Waals surface area (Å²) in [4.78, 5) is 8.22. The van der Waals surface area contributed by atoms with E-state index in [0.717, 1.165) is 23.5 Å². The van der Waals surface area contributed by atoms with Gasteiger partial charge in [0.25, 0.3) is 0 Å². The van der Waals surface area contributed by atoms with Crippen molar-refractivity contribution in [3.63, 3.8) is 0 Å². The van der Waals surface area contributed by atoms with Crippen molar-refractivity contribution < 1.29 is 0 Å². The molecule has 0 bridgehead atoms. The van der Waals surface area contributed by atoms with Crippen molar-refractivity contribution >= 4 is 0 Å². The highest BCUT2D eigenvalue weighted by Crippen LogP contribution is 2.15. The number of rotatable bonds is 4. The Bertz CT molecular complexity index is 524. The van der Waals surface area contributed by atoms with Crippen LogP contribution in [0, 0.1) is 12.3 Å². The van der Waals surface area contributed by atoms with Crippen LogP contribution in [0.2, 0.25) is 0 Å². The monoisotopic (exact) mass is 227 g/mol. The number of aromatic nitrogens is 4. The topological polar surface area (TPSA) is 69.6 Å². The summed E-state index contributed by atoms with van der Waals surface area (Å²) in [5.74, 6) is 2.57. The van der Waals surface area contributed by atoms with Crippen molar-refractivity contribution in [1.29, 1.82) is 0 Å². The first-order valence-electron chi connectivity index (χ1n) is 5.32. The van der Waals surface area contributed by atoms with E-state index in [0.29, 0.717) is 13.1 Å². The lowest BCUT2D eigenvalue weighted by molar-refractivity contribution is 0.667. The Hall–Kier alpha value is -2.19. The molecule has 0 aliphatic heterocycles. The van der Waals surface area contributed by atoms with E-state index in [2.05, 4.69) is 21.0 Å². The smallest absolute Gasteiger partial charge is 0.113 e. The maximum absolute atomic E-state index is 5.55. The molecule has 0 aromatic carbocycles. The van der Waals surface area contributed by atoms with Crippen LogP contribution in [-0.4, -0.2) is 26.3 Å². The van der Waals surface area contributed by atoms with Gasteiger partial charge in [-0.3, -0.25) is 14.6 Å². The Morgan fingerprint density at radius 2 is 2.24 bits per heavy atom. The molecule has 0 amide bonds. The van der Waals surface area contributed by atoms with Crippen LogP contribution in [0.3, 0.4) is 0 Å². The Labute approximate surface area is 99.7 Å². The Balaban J connectivity index is 2.37. The fourth-order valence-corrected chi connectivity index (χ4v) is 1.58. The van der Waals surface area contributed by atoms with Gasteiger partial charge in [0, 0.05) is 24.5 Å². The maximum atomic E-state index is 5.55. The molecule has 0 saturated heterocycles. The summed E-state index contributed by atoms with van der Waals surface area (Å²) in [5.41, 5.74) is 8.08. The summed E-state index contributed by atoms with van der Waals surface area (Å²) < 4.78 is 1.77. The van der Waals surface area contributed by atoms with Gasteiger partial charge >= 0.3 is 0 Å². The molecule has 2 rings (SSSR count). The quantitative estimate of drug-likeness (QED) is 0.771. The van der Waals surface area contributed by atoms with Crippen molar-refractivity contribution in [2.24, 2.45) is 5.73 Å². The lowest BCUT2D eigenvalue weighted by Gasteiger charge is -2.00. The van der Waals surface area contributed by atoms with Gasteiger partial charge in [0.05, 0.1) is 6.20 Å². The van der Waals surface area contributed by atoms with Crippen molar-refractivity contribution in [1.82, 2.24) is 19.7 Å².